The third-order valence-electron chi connectivity index (χ3n) is 12.1. The number of rotatable bonds is 4. The molecule has 112 heavy (non-hydrogen) atoms. The van der Waals surface area contributed by atoms with Crippen LogP contribution < -0.4 is 9.47 Å². The normalized spacial score (nSPS) is 10.6. The monoisotopic (exact) mass is 1560 g/mol. The van der Waals surface area contributed by atoms with Gasteiger partial charge in [-0.2, -0.15) is 5.10 Å². The van der Waals surface area contributed by atoms with Gasteiger partial charge in [0.05, 0.1) is 11.7 Å². The number of nitrogens with zero attached hydrogens (tertiary/aromatic N) is 6. The first-order valence-electron chi connectivity index (χ1n) is 43.9. The molecule has 0 radical (unpaired) electrons. The van der Waals surface area contributed by atoms with Crippen molar-refractivity contribution in [2.24, 2.45) is 41.4 Å². The summed E-state index contributed by atoms with van der Waals surface area (Å²) in [6.45, 7) is 88.8. The maximum absolute atomic E-state index is 5.37. The first-order valence-corrected chi connectivity index (χ1v) is 43.9. The summed E-state index contributed by atoms with van der Waals surface area (Å²) in [5.74, 6) is 9.71. The van der Waals surface area contributed by atoms with Crippen LogP contribution in [0.4, 0.5) is 0 Å². The second kappa shape index (κ2) is 106. The van der Waals surface area contributed by atoms with Crippen LogP contribution >= 0.6 is 0 Å². The molecule has 0 unspecified atom stereocenters. The molecule has 4 aromatic heterocycles. The van der Waals surface area contributed by atoms with E-state index in [1.54, 1.807) is 30.9 Å². The van der Waals surface area contributed by atoms with Gasteiger partial charge in [-0.05, 0) is 124 Å². The van der Waals surface area contributed by atoms with E-state index in [2.05, 4.69) is 272 Å². The minimum Gasteiger partial charge on any atom is -0.454 e. The molecule has 6 heterocycles. The first kappa shape index (κ1) is 128. The summed E-state index contributed by atoms with van der Waals surface area (Å²) < 4.78 is 19.8. The molecule has 11 nitrogen and oxygen atoms in total. The van der Waals surface area contributed by atoms with E-state index in [-0.39, 0.29) is 0 Å². The van der Waals surface area contributed by atoms with E-state index < -0.39 is 0 Å². The average molecular weight is 1560 g/mol. The van der Waals surface area contributed by atoms with Gasteiger partial charge in [0.25, 0.3) is 0 Å². The summed E-state index contributed by atoms with van der Waals surface area (Å²) in [4.78, 5) is 14.6. The first-order chi connectivity index (χ1) is 53.8. The molecule has 3 aliphatic rings. The number of aromatic nitrogens is 7. The van der Waals surface area contributed by atoms with Gasteiger partial charge >= 0.3 is 0 Å². The van der Waals surface area contributed by atoms with E-state index in [1.807, 2.05) is 191 Å². The molecule has 5 aromatic carbocycles. The highest BCUT2D eigenvalue weighted by molar-refractivity contribution is 5.86. The summed E-state index contributed by atoms with van der Waals surface area (Å²) in [5, 5.41) is 13.9. The third kappa shape index (κ3) is 97.0. The van der Waals surface area contributed by atoms with Crippen LogP contribution in [0, 0.1) is 41.4 Å². The van der Waals surface area contributed by atoms with E-state index in [4.69, 9.17) is 14.2 Å². The van der Waals surface area contributed by atoms with Crippen LogP contribution in [0.25, 0.3) is 21.7 Å². The summed E-state index contributed by atoms with van der Waals surface area (Å²) in [5.41, 5.74) is 5.18. The van der Waals surface area contributed by atoms with Crippen LogP contribution in [0.5, 0.6) is 11.5 Å². The molecule has 11 heteroatoms. The predicted molar refractivity (Wildman–Crippen MR) is 508 cm³/mol. The molecular weight excluding hydrogens is 1380 g/mol. The lowest BCUT2D eigenvalue weighted by Gasteiger charge is -2.24. The Balaban J connectivity index is -0.000000109. The number of ether oxygens (including phenoxy) is 3. The predicted octanol–water partition coefficient (Wildman–Crippen LogP) is 34.1. The number of nitrogens with one attached hydrogen (secondary N) is 1. The van der Waals surface area contributed by atoms with Crippen LogP contribution in [-0.4, -0.2) is 55.3 Å². The largest absolute Gasteiger partial charge is 0.454 e. The number of aromatic amines is 1. The van der Waals surface area contributed by atoms with Crippen LogP contribution in [0.3, 0.4) is 0 Å². The van der Waals surface area contributed by atoms with Gasteiger partial charge in [-0.15, -0.1) is 0 Å². The van der Waals surface area contributed by atoms with E-state index in [0.29, 0.717) is 24.5 Å². The Bertz CT molecular complexity index is 2760. The topological polar surface area (TPSA) is 134 Å². The molecule has 0 bridgehead atoms. The quantitative estimate of drug-likeness (QED) is 0.181. The lowest BCUT2D eigenvalue weighted by Crippen LogP contribution is -2.12. The van der Waals surface area contributed by atoms with Crippen molar-refractivity contribution in [1.29, 1.82) is 0 Å². The standard InChI is InChI=1S/C13H14.C10H12O2.C9H18.C9H12.C7H6N2.C5H5N.C4H4N2.C4H8O.5C4H10.C2H2N2O.9C2H6/c1-10(2)12-9-5-7-11-6-3-4-8-13(11)12;1-7(2)8-4-3-5-9-10(8)12-6-11-9;2*1-8(2)9-6-4-3-5-7-9;1-2-4-7-6(3-1)5-8-9-7;1-2-4-6-5-3-1;1-2-5-4-6-3-1;1-2-4-5-3-1;5*1-4(2)3;1-3-2-5-4-1;9*1-2/h3-10H,1-2H3;3-5,7H,6H2,1-2H3;8-9H,3-7H2,1-2H3;3-8H,1-2H3;1-5H,(H,8,9);1-5H;1-4H;1-4H2;5*4H,1-3H3;1-2H;9*1-2H3. The van der Waals surface area contributed by atoms with Gasteiger partial charge in [0.2, 0.25) is 13.2 Å². The van der Waals surface area contributed by atoms with Crippen molar-refractivity contribution in [2.75, 3.05) is 20.0 Å². The van der Waals surface area contributed by atoms with Crippen LogP contribution in [0.2, 0.25) is 0 Å². The molecule has 12 rings (SSSR count). The van der Waals surface area contributed by atoms with Crippen LogP contribution in [0.1, 0.15) is 363 Å². The smallest absolute Gasteiger partial charge is 0.231 e. The number of H-pyrrole nitrogens is 1. The van der Waals surface area contributed by atoms with Gasteiger partial charge < -0.3 is 18.7 Å². The van der Waals surface area contributed by atoms with E-state index in [9.17, 15) is 0 Å². The number of para-hydroxylation sites is 2. The summed E-state index contributed by atoms with van der Waals surface area (Å²) in [6.07, 6.45) is 22.8. The fraction of sp³-hybridized carbons (Fsp3) is 0.604. The molecule has 0 spiro atoms. The highest BCUT2D eigenvalue weighted by Gasteiger charge is 2.18. The molecule has 2 fully saturated rings. The summed E-state index contributed by atoms with van der Waals surface area (Å²) in [7, 11) is 0. The maximum Gasteiger partial charge on any atom is 0.231 e. The summed E-state index contributed by atoms with van der Waals surface area (Å²) >= 11 is 0. The van der Waals surface area contributed by atoms with Gasteiger partial charge in [-0.1, -0.05) is 430 Å². The fourth-order valence-corrected chi connectivity index (χ4v) is 7.90. The van der Waals surface area contributed by atoms with E-state index >= 15 is 0 Å². The van der Waals surface area contributed by atoms with Crippen molar-refractivity contribution in [3.8, 4) is 11.5 Å². The molecule has 2 aliphatic heterocycles. The number of hydrogen-bond acceptors (Lipinski definition) is 10. The van der Waals surface area contributed by atoms with Crippen molar-refractivity contribution < 1.29 is 18.7 Å². The van der Waals surface area contributed by atoms with Crippen molar-refractivity contribution in [3.63, 3.8) is 0 Å². The maximum atomic E-state index is 5.37. The zero-order valence-corrected chi connectivity index (χ0v) is 81.1. The van der Waals surface area contributed by atoms with Crippen LogP contribution in [0.15, 0.2) is 194 Å². The lowest BCUT2D eigenvalue weighted by molar-refractivity contribution is 0.173. The molecule has 0 amide bonds. The van der Waals surface area contributed by atoms with Gasteiger partial charge in [0.15, 0.2) is 17.8 Å². The molecule has 1 saturated carbocycles. The van der Waals surface area contributed by atoms with Crippen LogP contribution in [-0.2, 0) is 4.74 Å². The third-order valence-corrected chi connectivity index (χ3v) is 12.1. The van der Waals surface area contributed by atoms with Gasteiger partial charge in [-0.25, -0.2) is 15.0 Å². The zero-order valence-electron chi connectivity index (χ0n) is 81.1. The van der Waals surface area contributed by atoms with Gasteiger partial charge in [-0.3, -0.25) is 10.1 Å². The molecule has 0 atom stereocenters. The van der Waals surface area contributed by atoms with Gasteiger partial charge in [0, 0.05) is 49.0 Å². The lowest BCUT2D eigenvalue weighted by atomic mass is 9.82. The molecule has 648 valence electrons. The molecule has 1 N–H and O–H groups in total. The Kier molecular flexibility index (Phi) is 121. The Morgan fingerprint density at radius 3 is 1.07 bits per heavy atom. The summed E-state index contributed by atoms with van der Waals surface area (Å²) in [6, 6.07) is 47.1. The molecule has 9 aromatic rings. The minimum atomic E-state index is 0.360. The minimum absolute atomic E-state index is 0.360. The van der Waals surface area contributed by atoms with Crippen molar-refractivity contribution >= 4 is 21.7 Å². The number of pyridine rings is 1. The highest BCUT2D eigenvalue weighted by Crippen LogP contribution is 2.38. The molecule has 1 aliphatic carbocycles. The SMILES string of the molecule is C1CCOC1.CC.CC.CC.CC.CC.CC.CC.CC.CC.CC(C)C.CC(C)C.CC(C)C.CC(C)C.CC(C)C.CC(C)C1CCCCC1.CC(C)c1cccc2c1OCO2.CC(C)c1cccc2ccccc12.CC(C)c1ccccc1.c1ccc2[nH]ncc2c1.c1ccncc1.c1cncnc1.c1ncon1. The number of benzene rings is 5. The molecule has 1 saturated heterocycles. The Hall–Kier alpha value is -7.24. The Morgan fingerprint density at radius 2 is 0.750 bits per heavy atom. The van der Waals surface area contributed by atoms with Gasteiger partial charge in [0.1, 0.15) is 6.33 Å². The van der Waals surface area contributed by atoms with E-state index in [1.165, 1.54) is 91.5 Å². The number of hydrogen-bond donors (Lipinski definition) is 1. The van der Waals surface area contributed by atoms with Crippen molar-refractivity contribution in [3.05, 3.63) is 206 Å². The zero-order chi connectivity index (χ0) is 88.7. The molecular formula is C101H185N7O4. The highest BCUT2D eigenvalue weighted by atomic mass is 16.7. The second-order valence-corrected chi connectivity index (χ2v) is 27.6. The Labute approximate surface area is 697 Å². The fourth-order valence-electron chi connectivity index (χ4n) is 7.90. The van der Waals surface area contributed by atoms with E-state index in [0.717, 1.165) is 77.0 Å². The average Bonchev–Trinajstić information content (AvgIpc) is 1.15. The number of fused-ring (bicyclic) bond motifs is 3. The van der Waals surface area contributed by atoms with Crippen molar-refractivity contribution in [2.45, 2.75) is 347 Å². The Morgan fingerprint density at radius 1 is 0.348 bits per heavy atom. The second-order valence-electron chi connectivity index (χ2n) is 27.6. The van der Waals surface area contributed by atoms with Crippen molar-refractivity contribution in [1.82, 2.24) is 35.3 Å².